The van der Waals surface area contributed by atoms with Crippen molar-refractivity contribution in [3.8, 4) is 0 Å². The molecule has 1 aliphatic rings. The molecule has 5 nitrogen and oxygen atoms in total. The van der Waals surface area contributed by atoms with Crippen LogP contribution in [-0.4, -0.2) is 20.9 Å². The molecule has 0 spiro atoms. The number of hydrogen-bond acceptors (Lipinski definition) is 3. The topological polar surface area (TPSA) is 70.7 Å². The SMILES string of the molecule is O=C(N[C@H]1CCCc2c1[nH]c1ccc(F)cc21)c1cnccn1. The molecule has 4 rings (SSSR count). The fourth-order valence-electron chi connectivity index (χ4n) is 3.23. The number of rotatable bonds is 2. The van der Waals surface area contributed by atoms with Gasteiger partial charge in [-0.25, -0.2) is 9.37 Å². The van der Waals surface area contributed by atoms with Crippen molar-refractivity contribution in [3.63, 3.8) is 0 Å². The van der Waals surface area contributed by atoms with Gasteiger partial charge in [-0.2, -0.15) is 0 Å². The molecule has 2 N–H and O–H groups in total. The molecule has 0 unspecified atom stereocenters. The maximum Gasteiger partial charge on any atom is 0.272 e. The normalized spacial score (nSPS) is 17.0. The number of fused-ring (bicyclic) bond motifs is 3. The van der Waals surface area contributed by atoms with Crippen LogP contribution in [0.15, 0.2) is 36.8 Å². The van der Waals surface area contributed by atoms with Crippen LogP contribution in [0, 0.1) is 5.82 Å². The summed E-state index contributed by atoms with van der Waals surface area (Å²) in [5.74, 6) is -0.495. The third-order valence-electron chi connectivity index (χ3n) is 4.27. The van der Waals surface area contributed by atoms with Crippen molar-refractivity contribution < 1.29 is 9.18 Å². The molecule has 116 valence electrons. The number of aryl methyl sites for hydroxylation is 1. The van der Waals surface area contributed by atoms with Gasteiger partial charge in [-0.3, -0.25) is 9.78 Å². The molecule has 2 aromatic heterocycles. The number of aromatic nitrogens is 3. The average molecular weight is 310 g/mol. The Kier molecular flexibility index (Phi) is 3.29. The summed E-state index contributed by atoms with van der Waals surface area (Å²) in [6.45, 7) is 0. The first-order valence-electron chi connectivity index (χ1n) is 7.59. The lowest BCUT2D eigenvalue weighted by atomic mass is 9.91. The van der Waals surface area contributed by atoms with E-state index in [2.05, 4.69) is 20.3 Å². The van der Waals surface area contributed by atoms with E-state index in [0.717, 1.165) is 41.4 Å². The third-order valence-corrected chi connectivity index (χ3v) is 4.27. The zero-order valence-corrected chi connectivity index (χ0v) is 12.3. The van der Waals surface area contributed by atoms with Crippen molar-refractivity contribution in [2.24, 2.45) is 0 Å². The van der Waals surface area contributed by atoms with Crippen molar-refractivity contribution in [1.29, 1.82) is 0 Å². The highest BCUT2D eigenvalue weighted by Crippen LogP contribution is 2.35. The Morgan fingerprint density at radius 1 is 1.35 bits per heavy atom. The summed E-state index contributed by atoms with van der Waals surface area (Å²) in [5, 5.41) is 3.90. The molecule has 3 aromatic rings. The number of hydrogen-bond donors (Lipinski definition) is 2. The molecule has 0 saturated heterocycles. The minimum Gasteiger partial charge on any atom is -0.356 e. The van der Waals surface area contributed by atoms with Gasteiger partial charge >= 0.3 is 0 Å². The van der Waals surface area contributed by atoms with E-state index in [4.69, 9.17) is 0 Å². The van der Waals surface area contributed by atoms with Crippen molar-refractivity contribution >= 4 is 16.8 Å². The Balaban J connectivity index is 1.68. The Labute approximate surface area is 132 Å². The molecule has 0 aliphatic heterocycles. The Morgan fingerprint density at radius 3 is 3.09 bits per heavy atom. The predicted molar refractivity (Wildman–Crippen MR) is 83.4 cm³/mol. The smallest absolute Gasteiger partial charge is 0.272 e. The number of aromatic amines is 1. The van der Waals surface area contributed by atoms with Gasteiger partial charge in [0.1, 0.15) is 11.5 Å². The second-order valence-electron chi connectivity index (χ2n) is 5.72. The van der Waals surface area contributed by atoms with Gasteiger partial charge in [0.25, 0.3) is 5.91 Å². The van der Waals surface area contributed by atoms with Gasteiger partial charge in [0.15, 0.2) is 0 Å². The quantitative estimate of drug-likeness (QED) is 0.764. The van der Waals surface area contributed by atoms with Crippen molar-refractivity contribution in [2.45, 2.75) is 25.3 Å². The molecule has 1 amide bonds. The molecule has 6 heteroatoms. The van der Waals surface area contributed by atoms with Gasteiger partial charge in [-0.1, -0.05) is 0 Å². The number of nitrogens with zero attached hydrogens (tertiary/aromatic N) is 2. The van der Waals surface area contributed by atoms with Crippen molar-refractivity contribution in [1.82, 2.24) is 20.3 Å². The first kappa shape index (κ1) is 13.9. The van der Waals surface area contributed by atoms with E-state index in [1.807, 2.05) is 0 Å². The van der Waals surface area contributed by atoms with Gasteiger partial charge < -0.3 is 10.3 Å². The maximum atomic E-state index is 13.5. The standard InChI is InChI=1S/C17H15FN4O/c18-10-4-5-13-12(8-10)11-2-1-3-14(16(11)21-13)22-17(23)15-9-19-6-7-20-15/h4-9,14,21H,1-3H2,(H,22,23)/t14-/m0/s1. The monoisotopic (exact) mass is 310 g/mol. The highest BCUT2D eigenvalue weighted by molar-refractivity contribution is 5.92. The zero-order valence-electron chi connectivity index (χ0n) is 12.3. The van der Waals surface area contributed by atoms with Crippen LogP contribution in [0.1, 0.15) is 40.6 Å². The maximum absolute atomic E-state index is 13.5. The van der Waals surface area contributed by atoms with Gasteiger partial charge in [0.05, 0.1) is 12.2 Å². The Hall–Kier alpha value is -2.76. The molecule has 1 aromatic carbocycles. The van der Waals surface area contributed by atoms with E-state index in [1.54, 1.807) is 12.1 Å². The number of carbonyl (C=O) groups excluding carboxylic acids is 1. The van der Waals surface area contributed by atoms with Crippen LogP contribution in [0.4, 0.5) is 4.39 Å². The van der Waals surface area contributed by atoms with Crippen LogP contribution in [0.25, 0.3) is 10.9 Å². The fraction of sp³-hybridized carbons (Fsp3) is 0.235. The van der Waals surface area contributed by atoms with Crippen LogP contribution < -0.4 is 5.32 Å². The highest BCUT2D eigenvalue weighted by Gasteiger charge is 2.26. The van der Waals surface area contributed by atoms with E-state index in [1.165, 1.54) is 24.7 Å². The number of nitrogens with one attached hydrogen (secondary N) is 2. The number of benzene rings is 1. The first-order chi connectivity index (χ1) is 11.2. The summed E-state index contributed by atoms with van der Waals surface area (Å²) in [4.78, 5) is 23.6. The largest absolute Gasteiger partial charge is 0.356 e. The number of halogens is 1. The predicted octanol–water partition coefficient (Wildman–Crippen LogP) is 2.90. The molecular weight excluding hydrogens is 295 g/mol. The summed E-state index contributed by atoms with van der Waals surface area (Å²) in [6, 6.07) is 4.61. The highest BCUT2D eigenvalue weighted by atomic mass is 19.1. The number of amides is 1. The van der Waals surface area contributed by atoms with Crippen LogP contribution in [0.5, 0.6) is 0 Å². The summed E-state index contributed by atoms with van der Waals surface area (Å²) in [6.07, 6.45) is 7.14. The summed E-state index contributed by atoms with van der Waals surface area (Å²) in [7, 11) is 0. The van der Waals surface area contributed by atoms with E-state index in [0.29, 0.717) is 5.69 Å². The molecule has 1 aliphatic carbocycles. The second kappa shape index (κ2) is 5.46. The molecule has 0 bridgehead atoms. The van der Waals surface area contributed by atoms with E-state index >= 15 is 0 Å². The zero-order chi connectivity index (χ0) is 15.8. The van der Waals surface area contributed by atoms with Crippen LogP contribution in [0.2, 0.25) is 0 Å². The van der Waals surface area contributed by atoms with E-state index < -0.39 is 0 Å². The van der Waals surface area contributed by atoms with Crippen LogP contribution >= 0.6 is 0 Å². The molecule has 0 radical (unpaired) electrons. The lowest BCUT2D eigenvalue weighted by Gasteiger charge is -2.23. The molecule has 1 atom stereocenters. The van der Waals surface area contributed by atoms with Gasteiger partial charge in [0.2, 0.25) is 0 Å². The average Bonchev–Trinajstić information content (AvgIpc) is 2.95. The van der Waals surface area contributed by atoms with Crippen molar-refractivity contribution in [2.75, 3.05) is 0 Å². The van der Waals surface area contributed by atoms with E-state index in [-0.39, 0.29) is 17.8 Å². The summed E-state index contributed by atoms with van der Waals surface area (Å²) in [5.41, 5.74) is 3.25. The molecule has 23 heavy (non-hydrogen) atoms. The lowest BCUT2D eigenvalue weighted by Crippen LogP contribution is -2.31. The lowest BCUT2D eigenvalue weighted by molar-refractivity contribution is 0.0926. The molecule has 0 saturated carbocycles. The van der Waals surface area contributed by atoms with Gasteiger partial charge in [-0.05, 0) is 43.0 Å². The molecule has 2 heterocycles. The number of H-pyrrole nitrogens is 1. The minimum atomic E-state index is -0.249. The van der Waals surface area contributed by atoms with Gasteiger partial charge in [-0.15, -0.1) is 0 Å². The van der Waals surface area contributed by atoms with Crippen LogP contribution in [-0.2, 0) is 6.42 Å². The van der Waals surface area contributed by atoms with E-state index in [9.17, 15) is 9.18 Å². The molecule has 0 fully saturated rings. The van der Waals surface area contributed by atoms with Crippen LogP contribution in [0.3, 0.4) is 0 Å². The summed E-state index contributed by atoms with van der Waals surface area (Å²) < 4.78 is 13.5. The number of carbonyl (C=O) groups is 1. The molecular formula is C17H15FN4O. The Bertz CT molecular complexity index is 875. The summed E-state index contributed by atoms with van der Waals surface area (Å²) >= 11 is 0. The fourth-order valence-corrected chi connectivity index (χ4v) is 3.23. The second-order valence-corrected chi connectivity index (χ2v) is 5.72. The Morgan fingerprint density at radius 2 is 2.26 bits per heavy atom. The first-order valence-corrected chi connectivity index (χ1v) is 7.59. The van der Waals surface area contributed by atoms with Crippen molar-refractivity contribution in [3.05, 3.63) is 59.6 Å². The minimum absolute atomic E-state index is 0.122. The van der Waals surface area contributed by atoms with Gasteiger partial charge in [0, 0.05) is 29.0 Å². The third kappa shape index (κ3) is 2.46.